The van der Waals surface area contributed by atoms with Crippen molar-refractivity contribution in [2.45, 2.75) is 6.92 Å². The average Bonchev–Trinajstić information content (AvgIpc) is 3.20. The molecule has 33 heavy (non-hydrogen) atoms. The number of hydrogen-bond acceptors (Lipinski definition) is 4. The molecule has 0 bridgehead atoms. The Kier molecular flexibility index (Phi) is 5.24. The molecule has 1 amide bonds. The molecule has 0 fully saturated rings. The molecule has 0 radical (unpaired) electrons. The Morgan fingerprint density at radius 2 is 1.45 bits per heavy atom. The van der Waals surface area contributed by atoms with E-state index in [1.165, 1.54) is 0 Å². The molecule has 3 aromatic carbocycles. The Labute approximate surface area is 190 Å². The van der Waals surface area contributed by atoms with E-state index in [0.717, 1.165) is 16.8 Å². The minimum Gasteiger partial charge on any atom is -0.321 e. The molecule has 0 saturated carbocycles. The van der Waals surface area contributed by atoms with E-state index in [1.54, 1.807) is 59.4 Å². The maximum absolute atomic E-state index is 13.1. The fourth-order valence-electron chi connectivity index (χ4n) is 3.78. The highest BCUT2D eigenvalue weighted by Gasteiger charge is 2.19. The summed E-state index contributed by atoms with van der Waals surface area (Å²) < 4.78 is 1.78. The van der Waals surface area contributed by atoms with Crippen LogP contribution >= 0.6 is 0 Å². The Morgan fingerprint density at radius 1 is 0.818 bits per heavy atom. The molecular weight excluding hydrogens is 412 g/mol. The van der Waals surface area contributed by atoms with Crippen molar-refractivity contribution in [3.8, 4) is 5.69 Å². The number of ketones is 1. The fourth-order valence-corrected chi connectivity index (χ4v) is 3.78. The molecule has 2 heterocycles. The number of pyridine rings is 1. The minimum absolute atomic E-state index is 0.199. The third-order valence-electron chi connectivity index (χ3n) is 5.42. The molecule has 5 rings (SSSR count). The van der Waals surface area contributed by atoms with Gasteiger partial charge in [-0.3, -0.25) is 9.59 Å². The zero-order valence-electron chi connectivity index (χ0n) is 17.9. The second-order valence-electron chi connectivity index (χ2n) is 7.62. The van der Waals surface area contributed by atoms with Crippen molar-refractivity contribution in [1.82, 2.24) is 14.8 Å². The van der Waals surface area contributed by atoms with Crippen LogP contribution in [0.15, 0.2) is 97.2 Å². The van der Waals surface area contributed by atoms with Gasteiger partial charge in [0, 0.05) is 16.5 Å². The Balaban J connectivity index is 1.46. The quantitative estimate of drug-likeness (QED) is 0.387. The van der Waals surface area contributed by atoms with Gasteiger partial charge >= 0.3 is 0 Å². The second-order valence-corrected chi connectivity index (χ2v) is 7.62. The predicted molar refractivity (Wildman–Crippen MR) is 128 cm³/mol. The molecule has 0 spiro atoms. The van der Waals surface area contributed by atoms with Crippen molar-refractivity contribution in [3.05, 3.63) is 120 Å². The third kappa shape index (κ3) is 3.90. The van der Waals surface area contributed by atoms with E-state index in [9.17, 15) is 9.59 Å². The summed E-state index contributed by atoms with van der Waals surface area (Å²) in [5.74, 6) is -0.570. The lowest BCUT2D eigenvalue weighted by Gasteiger charge is -2.10. The topological polar surface area (TPSA) is 76.9 Å². The van der Waals surface area contributed by atoms with E-state index >= 15 is 0 Å². The smallest absolute Gasteiger partial charge is 0.256 e. The van der Waals surface area contributed by atoms with Crippen molar-refractivity contribution < 1.29 is 9.59 Å². The molecule has 5 aromatic rings. The zero-order valence-corrected chi connectivity index (χ0v) is 17.9. The number of fused-ring (bicyclic) bond motifs is 1. The van der Waals surface area contributed by atoms with Crippen LogP contribution in [0.5, 0.6) is 0 Å². The molecule has 160 valence electrons. The number of amides is 1. The van der Waals surface area contributed by atoms with Gasteiger partial charge in [0.05, 0.1) is 28.8 Å². The van der Waals surface area contributed by atoms with Gasteiger partial charge in [0.2, 0.25) is 0 Å². The van der Waals surface area contributed by atoms with Crippen LogP contribution in [0.2, 0.25) is 0 Å². The Bertz CT molecular complexity index is 1470. The summed E-state index contributed by atoms with van der Waals surface area (Å²) in [5, 5.41) is 8.33. The van der Waals surface area contributed by atoms with E-state index < -0.39 is 0 Å². The van der Waals surface area contributed by atoms with E-state index in [2.05, 4.69) is 15.4 Å². The second kappa shape index (κ2) is 8.51. The van der Waals surface area contributed by atoms with Gasteiger partial charge in [-0.15, -0.1) is 0 Å². The lowest BCUT2D eigenvalue weighted by atomic mass is 9.98. The monoisotopic (exact) mass is 432 g/mol. The Hall–Kier alpha value is -4.58. The molecule has 6 heteroatoms. The van der Waals surface area contributed by atoms with Gasteiger partial charge in [-0.2, -0.15) is 5.10 Å². The van der Waals surface area contributed by atoms with Gasteiger partial charge in [0.1, 0.15) is 0 Å². The first-order chi connectivity index (χ1) is 16.1. The molecule has 0 aliphatic heterocycles. The van der Waals surface area contributed by atoms with E-state index in [-0.39, 0.29) is 11.7 Å². The SMILES string of the molecule is Cc1nn(-c2ccccc2)c2ncc(NC(=O)c3ccccc3C(=O)c3ccccc3)cc12. The van der Waals surface area contributed by atoms with Crippen LogP contribution in [0.3, 0.4) is 0 Å². The summed E-state index contributed by atoms with van der Waals surface area (Å²) in [4.78, 5) is 30.6. The third-order valence-corrected chi connectivity index (χ3v) is 5.42. The lowest BCUT2D eigenvalue weighted by molar-refractivity contribution is 0.0996. The predicted octanol–water partition coefficient (Wildman–Crippen LogP) is 5.21. The average molecular weight is 432 g/mol. The van der Waals surface area contributed by atoms with E-state index in [0.29, 0.717) is 28.0 Å². The largest absolute Gasteiger partial charge is 0.321 e. The van der Waals surface area contributed by atoms with Crippen LogP contribution in [0, 0.1) is 6.92 Å². The molecule has 2 aromatic heterocycles. The minimum atomic E-state index is -0.371. The van der Waals surface area contributed by atoms with Crippen LogP contribution < -0.4 is 5.32 Å². The van der Waals surface area contributed by atoms with Gasteiger partial charge < -0.3 is 5.32 Å². The standard InChI is InChI=1S/C27H20N4O2/c1-18-24-16-20(17-28-26(24)31(30-18)21-12-6-3-7-13-21)29-27(33)23-15-9-8-14-22(23)25(32)19-10-4-2-5-11-19/h2-17H,1H3,(H,29,33). The number of hydrogen-bond donors (Lipinski definition) is 1. The molecule has 0 unspecified atom stereocenters. The number of para-hydroxylation sites is 1. The van der Waals surface area contributed by atoms with Gasteiger partial charge in [-0.1, -0.05) is 66.7 Å². The highest BCUT2D eigenvalue weighted by atomic mass is 16.2. The van der Waals surface area contributed by atoms with Crippen molar-refractivity contribution in [1.29, 1.82) is 0 Å². The van der Waals surface area contributed by atoms with Crippen LogP contribution in [0.25, 0.3) is 16.7 Å². The number of aryl methyl sites for hydroxylation is 1. The van der Waals surface area contributed by atoms with Gasteiger partial charge in [0.15, 0.2) is 11.4 Å². The summed E-state index contributed by atoms with van der Waals surface area (Å²) in [5.41, 5.74) is 4.14. The van der Waals surface area contributed by atoms with Crippen molar-refractivity contribution in [2.24, 2.45) is 0 Å². The number of rotatable bonds is 5. The van der Waals surface area contributed by atoms with Crippen LogP contribution in [-0.2, 0) is 0 Å². The van der Waals surface area contributed by atoms with Gasteiger partial charge in [0.25, 0.3) is 5.91 Å². The number of aromatic nitrogens is 3. The number of nitrogens with zero attached hydrogens (tertiary/aromatic N) is 3. The van der Waals surface area contributed by atoms with Crippen LogP contribution in [0.4, 0.5) is 5.69 Å². The van der Waals surface area contributed by atoms with E-state index in [4.69, 9.17) is 0 Å². The molecule has 1 N–H and O–H groups in total. The summed E-state index contributed by atoms with van der Waals surface area (Å²) in [6.07, 6.45) is 1.60. The first-order valence-electron chi connectivity index (χ1n) is 10.5. The normalized spacial score (nSPS) is 10.8. The first-order valence-corrected chi connectivity index (χ1v) is 10.5. The lowest BCUT2D eigenvalue weighted by Crippen LogP contribution is -2.17. The number of carbonyl (C=O) groups excluding carboxylic acids is 2. The molecule has 0 aliphatic rings. The molecule has 0 atom stereocenters. The molecular formula is C27H20N4O2. The first kappa shape index (κ1) is 20.3. The maximum Gasteiger partial charge on any atom is 0.256 e. The van der Waals surface area contributed by atoms with Crippen LogP contribution in [0.1, 0.15) is 32.0 Å². The molecule has 0 saturated heterocycles. The summed E-state index contributed by atoms with van der Waals surface area (Å²) >= 11 is 0. The maximum atomic E-state index is 13.1. The number of nitrogens with one attached hydrogen (secondary N) is 1. The van der Waals surface area contributed by atoms with Crippen LogP contribution in [-0.4, -0.2) is 26.5 Å². The highest BCUT2D eigenvalue weighted by Crippen LogP contribution is 2.24. The zero-order chi connectivity index (χ0) is 22.8. The Morgan fingerprint density at radius 3 is 2.18 bits per heavy atom. The molecule has 6 nitrogen and oxygen atoms in total. The van der Waals surface area contributed by atoms with E-state index in [1.807, 2.05) is 49.4 Å². The van der Waals surface area contributed by atoms with Gasteiger partial charge in [-0.25, -0.2) is 9.67 Å². The van der Waals surface area contributed by atoms with Gasteiger partial charge in [-0.05, 0) is 31.2 Å². The summed E-state index contributed by atoms with van der Waals surface area (Å²) in [7, 11) is 0. The summed E-state index contributed by atoms with van der Waals surface area (Å²) in [6, 6.07) is 27.3. The highest BCUT2D eigenvalue weighted by molar-refractivity contribution is 6.17. The molecule has 0 aliphatic carbocycles. The van der Waals surface area contributed by atoms with Crippen molar-refractivity contribution in [2.75, 3.05) is 5.32 Å². The van der Waals surface area contributed by atoms with Crippen molar-refractivity contribution in [3.63, 3.8) is 0 Å². The number of benzene rings is 3. The number of carbonyl (C=O) groups is 2. The summed E-state index contributed by atoms with van der Waals surface area (Å²) in [6.45, 7) is 1.91. The van der Waals surface area contributed by atoms with Crippen molar-refractivity contribution >= 4 is 28.4 Å². The number of anilines is 1. The fraction of sp³-hybridized carbons (Fsp3) is 0.0370.